The number of nitrogens with zero attached hydrogens (tertiary/aromatic N) is 4. The second kappa shape index (κ2) is 8.53. The lowest BCUT2D eigenvalue weighted by atomic mass is 10.1. The van der Waals surface area contributed by atoms with Crippen LogP contribution in [-0.2, 0) is 11.3 Å². The number of aromatic nitrogens is 3. The zero-order valence-electron chi connectivity index (χ0n) is 16.8. The molecule has 4 rings (SSSR count). The molecule has 2 aromatic carbocycles. The van der Waals surface area contributed by atoms with Gasteiger partial charge in [0.25, 0.3) is 0 Å². The molecule has 1 saturated heterocycles. The standard InChI is InChI=1S/C22H28N4OS/c1-16(2)15-26-21(25-10-12-27-13-11-25)23-24-22(26)28-17(3)19-9-8-18-6-4-5-7-20(18)14-19/h4-9,14,16-17H,10-13,15H2,1-3H3. The van der Waals surface area contributed by atoms with Crippen LogP contribution in [0.5, 0.6) is 0 Å². The van der Waals surface area contributed by atoms with E-state index in [0.29, 0.717) is 11.2 Å². The van der Waals surface area contributed by atoms with Crippen molar-refractivity contribution in [2.75, 3.05) is 31.2 Å². The highest BCUT2D eigenvalue weighted by atomic mass is 32.2. The lowest BCUT2D eigenvalue weighted by Crippen LogP contribution is -2.38. The van der Waals surface area contributed by atoms with Crippen LogP contribution >= 0.6 is 11.8 Å². The zero-order valence-corrected chi connectivity index (χ0v) is 17.7. The number of hydrogen-bond donors (Lipinski definition) is 0. The fraction of sp³-hybridized carbons (Fsp3) is 0.455. The van der Waals surface area contributed by atoms with Gasteiger partial charge in [-0.05, 0) is 29.2 Å². The van der Waals surface area contributed by atoms with Crippen LogP contribution < -0.4 is 4.90 Å². The van der Waals surface area contributed by atoms with Gasteiger partial charge in [-0.25, -0.2) is 0 Å². The highest BCUT2D eigenvalue weighted by molar-refractivity contribution is 7.99. The summed E-state index contributed by atoms with van der Waals surface area (Å²) in [5.41, 5.74) is 1.32. The Balaban J connectivity index is 1.59. The van der Waals surface area contributed by atoms with Gasteiger partial charge in [-0.15, -0.1) is 10.2 Å². The Morgan fingerprint density at radius 2 is 1.75 bits per heavy atom. The van der Waals surface area contributed by atoms with Gasteiger partial charge in [-0.2, -0.15) is 0 Å². The number of thioether (sulfide) groups is 1. The minimum absolute atomic E-state index is 0.303. The average molecular weight is 397 g/mol. The number of rotatable bonds is 6. The first-order valence-corrected chi connectivity index (χ1v) is 10.9. The first-order valence-electron chi connectivity index (χ1n) is 10.0. The Bertz CT molecular complexity index is 933. The average Bonchev–Trinajstić information content (AvgIpc) is 3.09. The molecule has 1 atom stereocenters. The number of hydrogen-bond acceptors (Lipinski definition) is 5. The third kappa shape index (κ3) is 4.18. The minimum atomic E-state index is 0.303. The van der Waals surface area contributed by atoms with E-state index in [1.807, 2.05) is 0 Å². The fourth-order valence-corrected chi connectivity index (χ4v) is 4.55. The van der Waals surface area contributed by atoms with Crippen LogP contribution in [0.1, 0.15) is 31.6 Å². The van der Waals surface area contributed by atoms with Crippen LogP contribution in [0.3, 0.4) is 0 Å². The summed E-state index contributed by atoms with van der Waals surface area (Å²) in [4.78, 5) is 2.30. The van der Waals surface area contributed by atoms with Gasteiger partial charge in [-0.3, -0.25) is 4.57 Å². The van der Waals surface area contributed by atoms with E-state index in [2.05, 4.69) is 82.9 Å². The Morgan fingerprint density at radius 3 is 2.50 bits per heavy atom. The molecule has 0 radical (unpaired) electrons. The lowest BCUT2D eigenvalue weighted by molar-refractivity contribution is 0.121. The van der Waals surface area contributed by atoms with Crippen molar-refractivity contribution < 1.29 is 4.74 Å². The van der Waals surface area contributed by atoms with Crippen molar-refractivity contribution in [3.63, 3.8) is 0 Å². The van der Waals surface area contributed by atoms with Gasteiger partial charge in [0.15, 0.2) is 5.16 Å². The molecule has 1 unspecified atom stereocenters. The molecule has 5 nitrogen and oxygen atoms in total. The summed E-state index contributed by atoms with van der Waals surface area (Å²) in [5, 5.41) is 13.0. The van der Waals surface area contributed by atoms with Crippen LogP contribution in [0.4, 0.5) is 5.95 Å². The van der Waals surface area contributed by atoms with Crippen LogP contribution in [0.2, 0.25) is 0 Å². The van der Waals surface area contributed by atoms with Gasteiger partial charge in [-0.1, -0.05) is 68.1 Å². The van der Waals surface area contributed by atoms with Gasteiger partial charge in [0.05, 0.1) is 13.2 Å². The predicted molar refractivity (Wildman–Crippen MR) is 116 cm³/mol. The van der Waals surface area contributed by atoms with E-state index in [-0.39, 0.29) is 0 Å². The van der Waals surface area contributed by atoms with Crippen LogP contribution in [0.15, 0.2) is 47.6 Å². The third-order valence-corrected chi connectivity index (χ3v) is 6.20. The molecule has 2 heterocycles. The summed E-state index contributed by atoms with van der Waals surface area (Å²) < 4.78 is 7.79. The molecular formula is C22H28N4OS. The zero-order chi connectivity index (χ0) is 19.5. The van der Waals surface area contributed by atoms with Gasteiger partial charge < -0.3 is 9.64 Å². The monoisotopic (exact) mass is 396 g/mol. The second-order valence-electron chi connectivity index (χ2n) is 7.75. The number of fused-ring (bicyclic) bond motifs is 1. The first-order chi connectivity index (χ1) is 13.6. The molecule has 3 aromatic rings. The van der Waals surface area contributed by atoms with Gasteiger partial charge in [0.2, 0.25) is 5.95 Å². The maximum atomic E-state index is 5.50. The van der Waals surface area contributed by atoms with Crippen molar-refractivity contribution in [1.82, 2.24) is 14.8 Å². The maximum Gasteiger partial charge on any atom is 0.228 e. The van der Waals surface area contributed by atoms with Gasteiger partial charge in [0.1, 0.15) is 0 Å². The molecule has 1 aromatic heterocycles. The van der Waals surface area contributed by atoms with Gasteiger partial charge >= 0.3 is 0 Å². The van der Waals surface area contributed by atoms with Crippen molar-refractivity contribution >= 4 is 28.5 Å². The summed E-state index contributed by atoms with van der Waals surface area (Å²) >= 11 is 1.79. The summed E-state index contributed by atoms with van der Waals surface area (Å²) in [6.45, 7) is 10.9. The smallest absolute Gasteiger partial charge is 0.228 e. The maximum absolute atomic E-state index is 5.50. The van der Waals surface area contributed by atoms with E-state index < -0.39 is 0 Å². The molecule has 28 heavy (non-hydrogen) atoms. The van der Waals surface area contributed by atoms with E-state index in [1.165, 1.54) is 16.3 Å². The Morgan fingerprint density at radius 1 is 1.00 bits per heavy atom. The summed E-state index contributed by atoms with van der Waals surface area (Å²) in [6, 6.07) is 15.2. The molecule has 0 bridgehead atoms. The van der Waals surface area contributed by atoms with Crippen molar-refractivity contribution in [2.24, 2.45) is 5.92 Å². The van der Waals surface area contributed by atoms with Gasteiger partial charge in [0, 0.05) is 24.9 Å². The SMILES string of the molecule is CC(C)Cn1c(SC(C)c2ccc3ccccc3c2)nnc1N1CCOCC1. The molecule has 1 aliphatic rings. The molecular weight excluding hydrogens is 368 g/mol. The van der Waals surface area contributed by atoms with E-state index in [1.54, 1.807) is 11.8 Å². The Hall–Kier alpha value is -2.05. The predicted octanol–water partition coefficient (Wildman–Crippen LogP) is 4.78. The van der Waals surface area contributed by atoms with Crippen molar-refractivity contribution in [1.29, 1.82) is 0 Å². The molecule has 1 aliphatic heterocycles. The third-order valence-electron chi connectivity index (χ3n) is 5.06. The number of morpholine rings is 1. The minimum Gasteiger partial charge on any atom is -0.378 e. The molecule has 0 spiro atoms. The molecule has 1 fully saturated rings. The van der Waals surface area contributed by atoms with Crippen molar-refractivity contribution in [2.45, 2.75) is 37.7 Å². The number of ether oxygens (including phenoxy) is 1. The molecule has 148 valence electrons. The van der Waals surface area contributed by atoms with Crippen LogP contribution in [0.25, 0.3) is 10.8 Å². The van der Waals surface area contributed by atoms with Crippen molar-refractivity contribution in [3.8, 4) is 0 Å². The normalized spacial score (nSPS) is 16.1. The van der Waals surface area contributed by atoms with E-state index >= 15 is 0 Å². The molecule has 6 heteroatoms. The molecule has 0 amide bonds. The van der Waals surface area contributed by atoms with Crippen LogP contribution in [-0.4, -0.2) is 41.1 Å². The highest BCUT2D eigenvalue weighted by Gasteiger charge is 2.22. The van der Waals surface area contributed by atoms with E-state index in [9.17, 15) is 0 Å². The molecule has 0 aliphatic carbocycles. The van der Waals surface area contributed by atoms with Crippen LogP contribution in [0, 0.1) is 5.92 Å². The second-order valence-corrected chi connectivity index (χ2v) is 9.06. The topological polar surface area (TPSA) is 43.2 Å². The van der Waals surface area contributed by atoms with E-state index in [4.69, 9.17) is 4.74 Å². The van der Waals surface area contributed by atoms with Crippen molar-refractivity contribution in [3.05, 3.63) is 48.0 Å². The largest absolute Gasteiger partial charge is 0.378 e. The quantitative estimate of drug-likeness (QED) is 0.561. The molecule has 0 saturated carbocycles. The summed E-state index contributed by atoms with van der Waals surface area (Å²) in [5.74, 6) is 1.51. The van der Waals surface area contributed by atoms with E-state index in [0.717, 1.165) is 44.0 Å². The fourth-order valence-electron chi connectivity index (χ4n) is 3.58. The Labute approximate surface area is 171 Å². The lowest BCUT2D eigenvalue weighted by Gasteiger charge is -2.28. The number of anilines is 1. The highest BCUT2D eigenvalue weighted by Crippen LogP contribution is 2.36. The summed E-state index contributed by atoms with van der Waals surface area (Å²) in [6.07, 6.45) is 0. The first kappa shape index (κ1) is 19.3. The molecule has 0 N–H and O–H groups in total. The summed E-state index contributed by atoms with van der Waals surface area (Å²) in [7, 11) is 0. The number of benzene rings is 2. The Kier molecular flexibility index (Phi) is 5.87.